The van der Waals surface area contributed by atoms with E-state index in [9.17, 15) is 9.59 Å². The largest absolute Gasteiger partial charge is 0.480 e. The fraction of sp³-hybridized carbons (Fsp3) is 0.714. The van der Waals surface area contributed by atoms with Crippen LogP contribution in [-0.4, -0.2) is 52.6 Å². The predicted molar refractivity (Wildman–Crippen MR) is 71.9 cm³/mol. The quantitative estimate of drug-likeness (QED) is 0.791. The molecule has 0 aromatic carbocycles. The van der Waals surface area contributed by atoms with Gasteiger partial charge in [0, 0.05) is 19.1 Å². The van der Waals surface area contributed by atoms with Crippen molar-refractivity contribution in [2.24, 2.45) is 5.92 Å². The number of aliphatic carboxylic acids is 1. The number of carboxylic acid groups (broad SMARTS) is 1. The number of carbonyl (C=O) groups excluding carboxylic acids is 1. The van der Waals surface area contributed by atoms with Crippen LogP contribution >= 0.6 is 0 Å². The van der Waals surface area contributed by atoms with Gasteiger partial charge in [0.15, 0.2) is 0 Å². The minimum absolute atomic E-state index is 0.142. The first-order chi connectivity index (χ1) is 9.13. The summed E-state index contributed by atoms with van der Waals surface area (Å²) in [5.41, 5.74) is 0. The van der Waals surface area contributed by atoms with Crippen molar-refractivity contribution in [1.82, 2.24) is 9.80 Å². The zero-order valence-electron chi connectivity index (χ0n) is 11.3. The van der Waals surface area contributed by atoms with Crippen LogP contribution in [0, 0.1) is 5.92 Å². The molecule has 106 valence electrons. The minimum atomic E-state index is -0.977. The third-order valence-electron chi connectivity index (χ3n) is 4.20. The van der Waals surface area contributed by atoms with Gasteiger partial charge in [-0.25, -0.2) is 4.79 Å². The average molecular weight is 266 g/mol. The Kier molecular flexibility index (Phi) is 4.45. The number of hydrogen-bond acceptors (Lipinski definition) is 2. The second-order valence-electron chi connectivity index (χ2n) is 5.44. The van der Waals surface area contributed by atoms with E-state index in [0.29, 0.717) is 18.5 Å². The maximum Gasteiger partial charge on any atom is 0.323 e. The molecule has 2 aliphatic rings. The molecule has 0 spiro atoms. The van der Waals surface area contributed by atoms with Crippen molar-refractivity contribution in [3.05, 3.63) is 12.7 Å². The molecule has 2 unspecified atom stereocenters. The monoisotopic (exact) mass is 266 g/mol. The van der Waals surface area contributed by atoms with E-state index < -0.39 is 5.97 Å². The van der Waals surface area contributed by atoms with Crippen LogP contribution < -0.4 is 0 Å². The number of hydrogen-bond donors (Lipinski definition) is 1. The van der Waals surface area contributed by atoms with Gasteiger partial charge in [0.1, 0.15) is 6.54 Å². The smallest absolute Gasteiger partial charge is 0.323 e. The first-order valence-electron chi connectivity index (χ1n) is 7.01. The molecular formula is C14H22N2O3. The Hall–Kier alpha value is -1.52. The summed E-state index contributed by atoms with van der Waals surface area (Å²) in [6, 6.07) is 0.180. The molecule has 1 aliphatic heterocycles. The SMILES string of the molecule is C=CCN(CC(=O)O)C(=O)N1CCC2CCCCC21. The number of nitrogens with zero attached hydrogens (tertiary/aromatic N) is 2. The van der Waals surface area contributed by atoms with Crippen molar-refractivity contribution in [2.45, 2.75) is 38.1 Å². The van der Waals surface area contributed by atoms with Gasteiger partial charge >= 0.3 is 12.0 Å². The van der Waals surface area contributed by atoms with Crippen LogP contribution in [-0.2, 0) is 4.79 Å². The van der Waals surface area contributed by atoms with Crippen molar-refractivity contribution < 1.29 is 14.7 Å². The first kappa shape index (κ1) is 13.9. The topological polar surface area (TPSA) is 60.9 Å². The highest BCUT2D eigenvalue weighted by atomic mass is 16.4. The van der Waals surface area contributed by atoms with Gasteiger partial charge in [-0.3, -0.25) is 4.79 Å². The van der Waals surface area contributed by atoms with Gasteiger partial charge in [-0.15, -0.1) is 6.58 Å². The van der Waals surface area contributed by atoms with E-state index >= 15 is 0 Å². The highest BCUT2D eigenvalue weighted by Crippen LogP contribution is 2.36. The van der Waals surface area contributed by atoms with Crippen LogP contribution in [0.5, 0.6) is 0 Å². The highest BCUT2D eigenvalue weighted by Gasteiger charge is 2.39. The summed E-state index contributed by atoms with van der Waals surface area (Å²) < 4.78 is 0. The van der Waals surface area contributed by atoms with Crippen molar-refractivity contribution in [3.8, 4) is 0 Å². The molecule has 0 bridgehead atoms. The summed E-state index contributed by atoms with van der Waals surface area (Å²) in [7, 11) is 0. The van der Waals surface area contributed by atoms with E-state index in [-0.39, 0.29) is 12.6 Å². The number of urea groups is 1. The minimum Gasteiger partial charge on any atom is -0.480 e. The Morgan fingerprint density at radius 3 is 2.74 bits per heavy atom. The van der Waals surface area contributed by atoms with Crippen LogP contribution in [0.15, 0.2) is 12.7 Å². The molecule has 0 aromatic rings. The second kappa shape index (κ2) is 6.08. The van der Waals surface area contributed by atoms with Gasteiger partial charge in [0.05, 0.1) is 0 Å². The van der Waals surface area contributed by atoms with E-state index in [1.165, 1.54) is 24.2 Å². The molecule has 2 fully saturated rings. The molecule has 1 saturated carbocycles. The predicted octanol–water partition coefficient (Wildman–Crippen LogP) is 1.94. The first-order valence-corrected chi connectivity index (χ1v) is 7.01. The summed E-state index contributed by atoms with van der Waals surface area (Å²) in [5, 5.41) is 8.89. The fourth-order valence-electron chi connectivity index (χ4n) is 3.35. The molecule has 5 nitrogen and oxygen atoms in total. The Bertz CT molecular complexity index is 370. The van der Waals surface area contributed by atoms with Gasteiger partial charge in [0.25, 0.3) is 0 Å². The van der Waals surface area contributed by atoms with Gasteiger partial charge < -0.3 is 14.9 Å². The molecule has 1 saturated heterocycles. The molecule has 19 heavy (non-hydrogen) atoms. The standard InChI is InChI=1S/C14H22N2O3/c1-2-8-15(10-13(17)18)14(19)16-9-7-11-5-3-4-6-12(11)16/h2,11-12H,1,3-10H2,(H,17,18). The lowest BCUT2D eigenvalue weighted by molar-refractivity contribution is -0.137. The van der Waals surface area contributed by atoms with E-state index in [2.05, 4.69) is 6.58 Å². The molecule has 1 aliphatic carbocycles. The van der Waals surface area contributed by atoms with E-state index in [0.717, 1.165) is 19.4 Å². The van der Waals surface area contributed by atoms with Crippen molar-refractivity contribution in [2.75, 3.05) is 19.6 Å². The Morgan fingerprint density at radius 2 is 2.05 bits per heavy atom. The lowest BCUT2D eigenvalue weighted by Gasteiger charge is -2.34. The Labute approximate surface area is 113 Å². The number of rotatable bonds is 4. The van der Waals surface area contributed by atoms with Crippen molar-refractivity contribution >= 4 is 12.0 Å². The zero-order valence-corrected chi connectivity index (χ0v) is 11.3. The van der Waals surface area contributed by atoms with Crippen molar-refractivity contribution in [1.29, 1.82) is 0 Å². The Balaban J connectivity index is 2.04. The molecule has 2 atom stereocenters. The number of carbonyl (C=O) groups is 2. The summed E-state index contributed by atoms with van der Waals surface area (Å²) >= 11 is 0. The van der Waals surface area contributed by atoms with Gasteiger partial charge in [-0.1, -0.05) is 18.9 Å². The lowest BCUT2D eigenvalue weighted by atomic mass is 9.85. The summed E-state index contributed by atoms with van der Waals surface area (Å²) in [5.74, 6) is -0.359. The average Bonchev–Trinajstić information content (AvgIpc) is 2.80. The molecule has 0 aromatic heterocycles. The van der Waals surface area contributed by atoms with Crippen LogP contribution in [0.1, 0.15) is 32.1 Å². The maximum absolute atomic E-state index is 12.5. The van der Waals surface area contributed by atoms with Crippen LogP contribution in [0.25, 0.3) is 0 Å². The molecule has 1 heterocycles. The fourth-order valence-corrected chi connectivity index (χ4v) is 3.35. The number of fused-ring (bicyclic) bond motifs is 1. The Morgan fingerprint density at radius 1 is 1.32 bits per heavy atom. The van der Waals surface area contributed by atoms with Crippen molar-refractivity contribution in [3.63, 3.8) is 0 Å². The summed E-state index contributed by atoms with van der Waals surface area (Å²) in [6.45, 7) is 4.40. The van der Waals surface area contributed by atoms with Gasteiger partial charge in [-0.05, 0) is 25.2 Å². The third kappa shape index (κ3) is 3.08. The highest BCUT2D eigenvalue weighted by molar-refractivity contribution is 5.80. The lowest BCUT2D eigenvalue weighted by Crippen LogP contribution is -2.48. The summed E-state index contributed by atoms with van der Waals surface area (Å²) in [4.78, 5) is 26.6. The normalized spacial score (nSPS) is 25.8. The summed E-state index contributed by atoms with van der Waals surface area (Å²) in [6.07, 6.45) is 7.33. The third-order valence-corrected chi connectivity index (χ3v) is 4.20. The van der Waals surface area contributed by atoms with Gasteiger partial charge in [0.2, 0.25) is 0 Å². The van der Waals surface area contributed by atoms with Crippen LogP contribution in [0.2, 0.25) is 0 Å². The number of likely N-dealkylation sites (tertiary alicyclic amines) is 1. The van der Waals surface area contributed by atoms with E-state index in [1.807, 2.05) is 4.90 Å². The molecular weight excluding hydrogens is 244 g/mol. The van der Waals surface area contributed by atoms with E-state index in [4.69, 9.17) is 5.11 Å². The number of carboxylic acids is 1. The maximum atomic E-state index is 12.5. The van der Waals surface area contributed by atoms with Crippen LogP contribution in [0.4, 0.5) is 4.79 Å². The van der Waals surface area contributed by atoms with Crippen LogP contribution in [0.3, 0.4) is 0 Å². The molecule has 2 amide bonds. The molecule has 2 rings (SSSR count). The zero-order chi connectivity index (χ0) is 13.8. The van der Waals surface area contributed by atoms with E-state index in [1.54, 1.807) is 6.08 Å². The van der Waals surface area contributed by atoms with Gasteiger partial charge in [-0.2, -0.15) is 0 Å². The second-order valence-corrected chi connectivity index (χ2v) is 5.44. The molecule has 1 N–H and O–H groups in total. The number of amides is 2. The molecule has 0 radical (unpaired) electrons. The molecule has 5 heteroatoms.